The Kier molecular flexibility index (Phi) is 5.54. The van der Waals surface area contributed by atoms with Gasteiger partial charge in [0, 0.05) is 11.6 Å². The number of Topliss-reactive ketones (excluding diaryl/α,β-unsaturated/α-hetero) is 1. The largest absolute Gasteiger partial charge is 0.482 e. The fraction of sp³-hybridized carbons (Fsp3) is 0.133. The number of halogens is 2. The van der Waals surface area contributed by atoms with Gasteiger partial charge in [-0.1, -0.05) is 29.3 Å². The quantitative estimate of drug-likeness (QED) is 0.485. The Hall–Kier alpha value is -2.15. The first-order valence-electron chi connectivity index (χ1n) is 6.51. The molecule has 0 spiro atoms. The van der Waals surface area contributed by atoms with Gasteiger partial charge in [0.15, 0.2) is 11.5 Å². The molecule has 6 nitrogen and oxygen atoms in total. The highest BCUT2D eigenvalue weighted by molar-refractivity contribution is 6.42. The van der Waals surface area contributed by atoms with Crippen LogP contribution in [0.25, 0.3) is 0 Å². The molecule has 0 aromatic heterocycles. The molecule has 0 aliphatic carbocycles. The molecule has 0 fully saturated rings. The third-order valence-electron chi connectivity index (χ3n) is 3.04. The monoisotopic (exact) mass is 354 g/mol. The molecule has 0 aliphatic rings. The van der Waals surface area contributed by atoms with E-state index in [1.165, 1.54) is 12.1 Å². The highest BCUT2D eigenvalue weighted by atomic mass is 35.5. The SMILES string of the molecule is NCC(=O)c1ccc(OCc2ccc(Cl)c(Cl)c2)c([N+](=O)[O-])c1. The van der Waals surface area contributed by atoms with E-state index in [0.717, 1.165) is 6.07 Å². The maximum Gasteiger partial charge on any atom is 0.311 e. The lowest BCUT2D eigenvalue weighted by Gasteiger charge is -2.08. The van der Waals surface area contributed by atoms with E-state index in [2.05, 4.69) is 0 Å². The third kappa shape index (κ3) is 4.19. The average molecular weight is 355 g/mol. The van der Waals surface area contributed by atoms with Crippen molar-refractivity contribution in [2.24, 2.45) is 5.73 Å². The summed E-state index contributed by atoms with van der Waals surface area (Å²) >= 11 is 11.7. The van der Waals surface area contributed by atoms with E-state index in [-0.39, 0.29) is 35.9 Å². The zero-order chi connectivity index (χ0) is 17.0. The van der Waals surface area contributed by atoms with E-state index >= 15 is 0 Å². The van der Waals surface area contributed by atoms with Crippen molar-refractivity contribution in [3.8, 4) is 5.75 Å². The lowest BCUT2D eigenvalue weighted by molar-refractivity contribution is -0.386. The molecule has 2 rings (SSSR count). The van der Waals surface area contributed by atoms with E-state index < -0.39 is 4.92 Å². The van der Waals surface area contributed by atoms with Crippen molar-refractivity contribution < 1.29 is 14.5 Å². The highest BCUT2D eigenvalue weighted by Crippen LogP contribution is 2.29. The van der Waals surface area contributed by atoms with Crippen LogP contribution in [-0.4, -0.2) is 17.3 Å². The molecule has 2 aromatic rings. The normalized spacial score (nSPS) is 10.4. The van der Waals surface area contributed by atoms with Crippen molar-refractivity contribution >= 4 is 34.7 Å². The van der Waals surface area contributed by atoms with E-state index in [9.17, 15) is 14.9 Å². The van der Waals surface area contributed by atoms with Crippen LogP contribution >= 0.6 is 23.2 Å². The number of ketones is 1. The Bertz CT molecular complexity index is 765. The molecule has 2 N–H and O–H groups in total. The Labute approximate surface area is 141 Å². The minimum Gasteiger partial charge on any atom is -0.482 e. The van der Waals surface area contributed by atoms with Gasteiger partial charge in [-0.25, -0.2) is 0 Å². The van der Waals surface area contributed by atoms with Gasteiger partial charge in [0.2, 0.25) is 0 Å². The van der Waals surface area contributed by atoms with Gasteiger partial charge in [-0.2, -0.15) is 0 Å². The second-order valence-corrected chi connectivity index (χ2v) is 5.42. The number of carbonyl (C=O) groups excluding carboxylic acids is 1. The van der Waals surface area contributed by atoms with E-state index in [0.29, 0.717) is 15.6 Å². The van der Waals surface area contributed by atoms with Gasteiger partial charge in [0.05, 0.1) is 21.5 Å². The molecule has 0 saturated carbocycles. The number of carbonyl (C=O) groups is 1. The molecular weight excluding hydrogens is 343 g/mol. The number of nitro benzene ring substituents is 1. The van der Waals surface area contributed by atoms with Gasteiger partial charge in [-0.05, 0) is 29.8 Å². The number of ether oxygens (including phenoxy) is 1. The van der Waals surface area contributed by atoms with Gasteiger partial charge in [0.1, 0.15) is 6.61 Å². The molecule has 0 saturated heterocycles. The van der Waals surface area contributed by atoms with Gasteiger partial charge in [-0.15, -0.1) is 0 Å². The lowest BCUT2D eigenvalue weighted by atomic mass is 10.1. The van der Waals surface area contributed by atoms with Gasteiger partial charge >= 0.3 is 5.69 Å². The molecule has 0 heterocycles. The topological polar surface area (TPSA) is 95.5 Å². The third-order valence-corrected chi connectivity index (χ3v) is 3.78. The maximum absolute atomic E-state index is 11.5. The Morgan fingerprint density at radius 2 is 1.91 bits per heavy atom. The van der Waals surface area contributed by atoms with E-state index in [4.69, 9.17) is 33.7 Å². The van der Waals surface area contributed by atoms with Gasteiger partial charge in [-0.3, -0.25) is 14.9 Å². The summed E-state index contributed by atoms with van der Waals surface area (Å²) in [7, 11) is 0. The summed E-state index contributed by atoms with van der Waals surface area (Å²) in [5.41, 5.74) is 5.83. The predicted octanol–water partition coefficient (Wildman–Crippen LogP) is 3.62. The smallest absolute Gasteiger partial charge is 0.311 e. The molecule has 0 atom stereocenters. The van der Waals surface area contributed by atoms with Crippen molar-refractivity contribution in [3.63, 3.8) is 0 Å². The van der Waals surface area contributed by atoms with Crippen molar-refractivity contribution in [2.45, 2.75) is 6.61 Å². The van der Waals surface area contributed by atoms with Crippen LogP contribution in [0.5, 0.6) is 5.75 Å². The van der Waals surface area contributed by atoms with Crippen LogP contribution in [0.4, 0.5) is 5.69 Å². The lowest BCUT2D eigenvalue weighted by Crippen LogP contribution is -2.13. The second kappa shape index (κ2) is 7.41. The minimum atomic E-state index is -0.614. The number of nitro groups is 1. The molecule has 8 heteroatoms. The van der Waals surface area contributed by atoms with Gasteiger partial charge < -0.3 is 10.5 Å². The Balaban J connectivity index is 2.23. The Morgan fingerprint density at radius 1 is 1.17 bits per heavy atom. The number of hydrogen-bond donors (Lipinski definition) is 1. The van der Waals surface area contributed by atoms with Crippen LogP contribution in [0.2, 0.25) is 10.0 Å². The van der Waals surface area contributed by atoms with Crippen LogP contribution in [0.15, 0.2) is 36.4 Å². The fourth-order valence-corrected chi connectivity index (χ4v) is 2.18. The molecule has 120 valence electrons. The number of rotatable bonds is 6. The number of benzene rings is 2. The first kappa shape index (κ1) is 17.2. The van der Waals surface area contributed by atoms with Crippen LogP contribution in [0, 0.1) is 10.1 Å². The molecule has 0 bridgehead atoms. The van der Waals surface area contributed by atoms with Crippen LogP contribution in [-0.2, 0) is 6.61 Å². The summed E-state index contributed by atoms with van der Waals surface area (Å²) in [4.78, 5) is 22.1. The number of nitrogens with two attached hydrogens (primary N) is 1. The van der Waals surface area contributed by atoms with Crippen LogP contribution in [0.3, 0.4) is 0 Å². The summed E-state index contributed by atoms with van der Waals surface area (Å²) in [6.07, 6.45) is 0. The standard InChI is InChI=1S/C15H12Cl2N2O4/c16-11-3-1-9(5-12(11)17)8-23-15-4-2-10(14(20)7-18)6-13(15)19(21)22/h1-6H,7-8,18H2. The van der Waals surface area contributed by atoms with Gasteiger partial charge in [0.25, 0.3) is 0 Å². The van der Waals surface area contributed by atoms with Crippen molar-refractivity contribution in [2.75, 3.05) is 6.54 Å². The van der Waals surface area contributed by atoms with E-state index in [1.807, 2.05) is 0 Å². The van der Waals surface area contributed by atoms with Crippen LogP contribution < -0.4 is 10.5 Å². The van der Waals surface area contributed by atoms with Crippen LogP contribution in [0.1, 0.15) is 15.9 Å². The Morgan fingerprint density at radius 3 is 2.52 bits per heavy atom. The molecule has 2 aromatic carbocycles. The minimum absolute atomic E-state index is 0.0506. The maximum atomic E-state index is 11.5. The van der Waals surface area contributed by atoms with Crippen molar-refractivity contribution in [1.29, 1.82) is 0 Å². The molecule has 0 amide bonds. The summed E-state index contributed by atoms with van der Waals surface area (Å²) < 4.78 is 5.46. The average Bonchev–Trinajstić information content (AvgIpc) is 2.55. The zero-order valence-electron chi connectivity index (χ0n) is 11.8. The fourth-order valence-electron chi connectivity index (χ4n) is 1.86. The molecule has 23 heavy (non-hydrogen) atoms. The van der Waals surface area contributed by atoms with E-state index in [1.54, 1.807) is 18.2 Å². The highest BCUT2D eigenvalue weighted by Gasteiger charge is 2.18. The summed E-state index contributed by atoms with van der Waals surface area (Å²) in [6.45, 7) is -0.150. The first-order chi connectivity index (χ1) is 10.9. The molecule has 0 unspecified atom stereocenters. The second-order valence-electron chi connectivity index (χ2n) is 4.60. The summed E-state index contributed by atoms with van der Waals surface area (Å²) in [5, 5.41) is 11.9. The molecular formula is C15H12Cl2N2O4. The first-order valence-corrected chi connectivity index (χ1v) is 7.26. The molecule has 0 aliphatic heterocycles. The van der Waals surface area contributed by atoms with Crippen molar-refractivity contribution in [1.82, 2.24) is 0 Å². The molecule has 0 radical (unpaired) electrons. The summed E-state index contributed by atoms with van der Waals surface area (Å²) in [6, 6.07) is 8.89. The number of nitrogens with zero attached hydrogens (tertiary/aromatic N) is 1. The zero-order valence-corrected chi connectivity index (χ0v) is 13.3. The number of hydrogen-bond acceptors (Lipinski definition) is 5. The summed E-state index contributed by atoms with van der Waals surface area (Å²) in [5.74, 6) is -0.334. The van der Waals surface area contributed by atoms with Crippen molar-refractivity contribution in [3.05, 3.63) is 67.7 Å². The predicted molar refractivity (Wildman–Crippen MR) is 87.3 cm³/mol.